The van der Waals surface area contributed by atoms with Crippen LogP contribution in [0, 0.1) is 0 Å². The standard InChI is InChI=1S/C6H11FO2S/c1-6(7)3-5(4-6)10(2,8)9/h5H,3-4H2,1-2H3. The van der Waals surface area contributed by atoms with Crippen LogP contribution in [0.15, 0.2) is 0 Å². The molecule has 0 aromatic carbocycles. The van der Waals surface area contributed by atoms with Gasteiger partial charge in [0.2, 0.25) is 0 Å². The maximum atomic E-state index is 12.7. The van der Waals surface area contributed by atoms with Gasteiger partial charge in [0.25, 0.3) is 0 Å². The van der Waals surface area contributed by atoms with Crippen molar-refractivity contribution in [2.75, 3.05) is 6.26 Å². The molecular formula is C6H11FO2S. The van der Waals surface area contributed by atoms with E-state index in [0.29, 0.717) is 0 Å². The number of sulfone groups is 1. The topological polar surface area (TPSA) is 34.1 Å². The minimum atomic E-state index is -2.98. The third-order valence-corrected chi connectivity index (χ3v) is 3.46. The molecule has 1 saturated carbocycles. The maximum absolute atomic E-state index is 12.7. The second-order valence-corrected chi connectivity index (χ2v) is 5.60. The molecule has 0 N–H and O–H groups in total. The van der Waals surface area contributed by atoms with E-state index in [0.717, 1.165) is 6.26 Å². The van der Waals surface area contributed by atoms with Crippen LogP contribution in [-0.2, 0) is 9.84 Å². The lowest BCUT2D eigenvalue weighted by molar-refractivity contribution is 0.0894. The van der Waals surface area contributed by atoms with Gasteiger partial charge in [-0.1, -0.05) is 0 Å². The Hall–Kier alpha value is -0.120. The van der Waals surface area contributed by atoms with Crippen LogP contribution in [0.2, 0.25) is 0 Å². The monoisotopic (exact) mass is 166 g/mol. The van der Waals surface area contributed by atoms with E-state index in [1.165, 1.54) is 6.92 Å². The fraction of sp³-hybridized carbons (Fsp3) is 1.00. The summed E-state index contributed by atoms with van der Waals surface area (Å²) in [6.07, 6.45) is 1.50. The zero-order valence-corrected chi connectivity index (χ0v) is 6.91. The molecule has 10 heavy (non-hydrogen) atoms. The van der Waals surface area contributed by atoms with E-state index in [1.807, 2.05) is 0 Å². The second-order valence-electron chi connectivity index (χ2n) is 3.27. The molecule has 60 valence electrons. The molecule has 1 rings (SSSR count). The SMILES string of the molecule is CC1(F)CC(S(C)(=O)=O)C1. The van der Waals surface area contributed by atoms with E-state index in [4.69, 9.17) is 0 Å². The van der Waals surface area contributed by atoms with Gasteiger partial charge in [-0.25, -0.2) is 12.8 Å². The molecule has 0 aromatic rings. The van der Waals surface area contributed by atoms with E-state index in [1.54, 1.807) is 0 Å². The fourth-order valence-electron chi connectivity index (χ4n) is 1.19. The number of hydrogen-bond acceptors (Lipinski definition) is 2. The van der Waals surface area contributed by atoms with Crippen molar-refractivity contribution in [3.8, 4) is 0 Å². The van der Waals surface area contributed by atoms with Crippen molar-refractivity contribution in [1.82, 2.24) is 0 Å². The van der Waals surface area contributed by atoms with Crippen molar-refractivity contribution in [2.24, 2.45) is 0 Å². The Balaban J connectivity index is 2.57. The van der Waals surface area contributed by atoms with E-state index in [2.05, 4.69) is 0 Å². The fourth-order valence-corrected chi connectivity index (χ4v) is 2.49. The smallest absolute Gasteiger partial charge is 0.150 e. The molecule has 0 spiro atoms. The first kappa shape index (κ1) is 7.98. The molecule has 1 fully saturated rings. The van der Waals surface area contributed by atoms with Gasteiger partial charge in [-0.15, -0.1) is 0 Å². The summed E-state index contributed by atoms with van der Waals surface area (Å²) < 4.78 is 34.2. The quantitative estimate of drug-likeness (QED) is 0.580. The Bertz CT molecular complexity index is 222. The minimum Gasteiger partial charge on any atom is -0.244 e. The highest BCUT2D eigenvalue weighted by Gasteiger charge is 2.45. The third-order valence-electron chi connectivity index (χ3n) is 1.91. The molecule has 0 saturated heterocycles. The summed E-state index contributed by atoms with van der Waals surface area (Å²) in [6.45, 7) is 1.44. The van der Waals surface area contributed by atoms with Gasteiger partial charge >= 0.3 is 0 Å². The van der Waals surface area contributed by atoms with E-state index in [9.17, 15) is 12.8 Å². The number of hydrogen-bond donors (Lipinski definition) is 0. The second kappa shape index (κ2) is 1.94. The summed E-state index contributed by atoms with van der Waals surface area (Å²) in [5, 5.41) is -0.428. The summed E-state index contributed by atoms with van der Waals surface area (Å²) in [4.78, 5) is 0. The van der Waals surface area contributed by atoms with Gasteiger partial charge < -0.3 is 0 Å². The lowest BCUT2D eigenvalue weighted by Crippen LogP contribution is -2.44. The average molecular weight is 166 g/mol. The number of halogens is 1. The molecule has 0 atom stereocenters. The highest BCUT2D eigenvalue weighted by Crippen LogP contribution is 2.39. The van der Waals surface area contributed by atoms with Gasteiger partial charge in [-0.3, -0.25) is 0 Å². The van der Waals surface area contributed by atoms with E-state index >= 15 is 0 Å². The molecule has 0 aliphatic heterocycles. The number of rotatable bonds is 1. The largest absolute Gasteiger partial charge is 0.244 e. The predicted molar refractivity (Wildman–Crippen MR) is 37.4 cm³/mol. The van der Waals surface area contributed by atoms with Crippen molar-refractivity contribution in [2.45, 2.75) is 30.7 Å². The molecule has 4 heteroatoms. The Morgan fingerprint density at radius 3 is 2.00 bits per heavy atom. The average Bonchev–Trinajstić information content (AvgIpc) is 1.56. The maximum Gasteiger partial charge on any atom is 0.150 e. The highest BCUT2D eigenvalue weighted by molar-refractivity contribution is 7.91. The Morgan fingerprint density at radius 2 is 1.90 bits per heavy atom. The summed E-state index contributed by atoms with van der Waals surface area (Å²) in [7, 11) is -2.98. The van der Waals surface area contributed by atoms with Crippen LogP contribution in [-0.4, -0.2) is 25.6 Å². The lowest BCUT2D eigenvalue weighted by Gasteiger charge is -2.37. The molecule has 1 aliphatic rings. The first-order chi connectivity index (χ1) is 4.31. The zero-order valence-electron chi connectivity index (χ0n) is 6.09. The van der Waals surface area contributed by atoms with Gasteiger partial charge in [0.05, 0.1) is 5.25 Å². The Kier molecular flexibility index (Phi) is 1.54. The van der Waals surface area contributed by atoms with Crippen molar-refractivity contribution in [3.63, 3.8) is 0 Å². The lowest BCUT2D eigenvalue weighted by atomic mass is 9.83. The first-order valence-corrected chi connectivity index (χ1v) is 5.14. The van der Waals surface area contributed by atoms with Crippen LogP contribution in [0.25, 0.3) is 0 Å². The molecular weight excluding hydrogens is 155 g/mol. The van der Waals surface area contributed by atoms with Crippen LogP contribution >= 0.6 is 0 Å². The van der Waals surface area contributed by atoms with Gasteiger partial charge in [-0.05, 0) is 19.8 Å². The van der Waals surface area contributed by atoms with Gasteiger partial charge in [0.15, 0.2) is 9.84 Å². The van der Waals surface area contributed by atoms with Crippen molar-refractivity contribution >= 4 is 9.84 Å². The van der Waals surface area contributed by atoms with Crippen molar-refractivity contribution in [1.29, 1.82) is 0 Å². The Morgan fingerprint density at radius 1 is 1.50 bits per heavy atom. The van der Waals surface area contributed by atoms with Gasteiger partial charge in [0, 0.05) is 6.26 Å². The normalized spacial score (nSPS) is 40.9. The molecule has 0 heterocycles. The molecule has 0 radical (unpaired) electrons. The Labute approximate surface area is 60.3 Å². The minimum absolute atomic E-state index is 0.172. The van der Waals surface area contributed by atoms with Crippen molar-refractivity contribution < 1.29 is 12.8 Å². The van der Waals surface area contributed by atoms with Crippen LogP contribution in [0.5, 0.6) is 0 Å². The van der Waals surface area contributed by atoms with Crippen LogP contribution in [0.4, 0.5) is 4.39 Å². The third kappa shape index (κ3) is 1.48. The molecule has 0 unspecified atom stereocenters. The predicted octanol–water partition coefficient (Wildman–Crippen LogP) is 0.922. The van der Waals surface area contributed by atoms with Gasteiger partial charge in [0.1, 0.15) is 5.67 Å². The number of alkyl halides is 1. The van der Waals surface area contributed by atoms with Crippen LogP contribution in [0.3, 0.4) is 0 Å². The first-order valence-electron chi connectivity index (χ1n) is 3.19. The zero-order chi connectivity index (χ0) is 7.99. The molecule has 0 aromatic heterocycles. The van der Waals surface area contributed by atoms with Crippen LogP contribution < -0.4 is 0 Å². The molecule has 2 nitrogen and oxygen atoms in total. The summed E-state index contributed by atoms with van der Waals surface area (Å²) >= 11 is 0. The molecule has 1 aliphatic carbocycles. The summed E-state index contributed by atoms with van der Waals surface area (Å²) in [5.74, 6) is 0. The summed E-state index contributed by atoms with van der Waals surface area (Å²) in [6, 6.07) is 0. The molecule has 0 amide bonds. The van der Waals surface area contributed by atoms with Crippen molar-refractivity contribution in [3.05, 3.63) is 0 Å². The van der Waals surface area contributed by atoms with Gasteiger partial charge in [-0.2, -0.15) is 0 Å². The van der Waals surface area contributed by atoms with E-state index in [-0.39, 0.29) is 12.8 Å². The van der Waals surface area contributed by atoms with E-state index < -0.39 is 20.8 Å². The molecule has 0 bridgehead atoms. The highest BCUT2D eigenvalue weighted by atomic mass is 32.2. The summed E-state index contributed by atoms with van der Waals surface area (Å²) in [5.41, 5.74) is -1.23. The van der Waals surface area contributed by atoms with Crippen LogP contribution in [0.1, 0.15) is 19.8 Å².